The fourth-order valence-corrected chi connectivity index (χ4v) is 2.35. The van der Waals surface area contributed by atoms with E-state index in [-0.39, 0.29) is 18.6 Å². The summed E-state index contributed by atoms with van der Waals surface area (Å²) >= 11 is 0. The van der Waals surface area contributed by atoms with E-state index in [0.717, 1.165) is 0 Å². The maximum absolute atomic E-state index is 9.64. The summed E-state index contributed by atoms with van der Waals surface area (Å²) in [6.45, 7) is 5.16. The average molecular weight is 218 g/mol. The van der Waals surface area contributed by atoms with Gasteiger partial charge in [0.05, 0.1) is 18.8 Å². The number of hydrogen-bond donors (Lipinski definition) is 2. The third-order valence-corrected chi connectivity index (χ3v) is 2.94. The molecule has 5 atom stereocenters. The van der Waals surface area contributed by atoms with Gasteiger partial charge in [-0.05, 0) is 20.8 Å². The first-order valence-corrected chi connectivity index (χ1v) is 5.24. The summed E-state index contributed by atoms with van der Waals surface area (Å²) in [7, 11) is 0. The number of ether oxygens (including phenoxy) is 3. The Morgan fingerprint density at radius 3 is 2.53 bits per heavy atom. The van der Waals surface area contributed by atoms with Gasteiger partial charge in [-0.1, -0.05) is 0 Å². The van der Waals surface area contributed by atoms with Crippen molar-refractivity contribution in [3.63, 3.8) is 0 Å². The second-order valence-electron chi connectivity index (χ2n) is 4.64. The smallest absolute Gasteiger partial charge is 0.188 e. The Hall–Kier alpha value is -0.200. The molecule has 2 fully saturated rings. The Kier molecular flexibility index (Phi) is 2.77. The Labute approximate surface area is 88.9 Å². The lowest BCUT2D eigenvalue weighted by atomic mass is 9.93. The molecular weight excluding hydrogens is 200 g/mol. The van der Waals surface area contributed by atoms with Crippen molar-refractivity contribution in [2.75, 3.05) is 6.61 Å². The van der Waals surface area contributed by atoms with Crippen LogP contribution >= 0.6 is 0 Å². The van der Waals surface area contributed by atoms with Crippen LogP contribution in [-0.4, -0.2) is 47.2 Å². The van der Waals surface area contributed by atoms with Crippen LogP contribution < -0.4 is 0 Å². The van der Waals surface area contributed by atoms with Crippen LogP contribution in [0.3, 0.4) is 0 Å². The van der Waals surface area contributed by atoms with Gasteiger partial charge in [0.25, 0.3) is 0 Å². The van der Waals surface area contributed by atoms with Gasteiger partial charge < -0.3 is 24.4 Å². The predicted molar refractivity (Wildman–Crippen MR) is 51.0 cm³/mol. The number of hydrogen-bond acceptors (Lipinski definition) is 5. The maximum atomic E-state index is 9.64. The summed E-state index contributed by atoms with van der Waals surface area (Å²) in [6.07, 6.45) is -1.76. The van der Waals surface area contributed by atoms with Crippen molar-refractivity contribution in [3.8, 4) is 0 Å². The van der Waals surface area contributed by atoms with Gasteiger partial charge in [-0.2, -0.15) is 0 Å². The third kappa shape index (κ3) is 1.90. The molecule has 2 N–H and O–H groups in total. The van der Waals surface area contributed by atoms with Gasteiger partial charge >= 0.3 is 0 Å². The molecule has 0 aromatic heterocycles. The van der Waals surface area contributed by atoms with E-state index in [4.69, 9.17) is 19.3 Å². The van der Waals surface area contributed by atoms with Crippen molar-refractivity contribution in [2.45, 2.75) is 51.2 Å². The minimum atomic E-state index is -0.678. The molecule has 2 rings (SSSR count). The van der Waals surface area contributed by atoms with Crippen LogP contribution in [-0.2, 0) is 14.2 Å². The van der Waals surface area contributed by atoms with Crippen molar-refractivity contribution in [3.05, 3.63) is 0 Å². The fourth-order valence-electron chi connectivity index (χ4n) is 2.35. The van der Waals surface area contributed by atoms with Crippen molar-refractivity contribution < 1.29 is 24.4 Å². The summed E-state index contributed by atoms with van der Waals surface area (Å²) in [6, 6.07) is 0. The molecule has 0 aromatic rings. The molecule has 0 saturated carbocycles. The van der Waals surface area contributed by atoms with Crippen LogP contribution in [0.15, 0.2) is 0 Å². The Balaban J connectivity index is 2.14. The molecular formula is C10H18O5. The first-order chi connectivity index (χ1) is 6.94. The maximum Gasteiger partial charge on any atom is 0.188 e. The largest absolute Gasteiger partial charge is 0.394 e. The molecule has 88 valence electrons. The summed E-state index contributed by atoms with van der Waals surface area (Å²) < 4.78 is 16.7. The molecule has 0 aromatic carbocycles. The highest BCUT2D eigenvalue weighted by molar-refractivity contribution is 4.94. The SMILES string of the molecule is CC(O)C1C(CO)OC2OC(C)(C)OC21. The van der Waals surface area contributed by atoms with Gasteiger partial charge in [-0.15, -0.1) is 0 Å². The van der Waals surface area contributed by atoms with Crippen LogP contribution in [0, 0.1) is 5.92 Å². The average Bonchev–Trinajstić information content (AvgIpc) is 2.54. The molecule has 5 unspecified atom stereocenters. The van der Waals surface area contributed by atoms with Crippen molar-refractivity contribution >= 4 is 0 Å². The first kappa shape index (κ1) is 11.3. The number of fused-ring (bicyclic) bond motifs is 1. The second-order valence-corrected chi connectivity index (χ2v) is 4.64. The van der Waals surface area contributed by atoms with Gasteiger partial charge in [0.2, 0.25) is 0 Å². The van der Waals surface area contributed by atoms with Crippen molar-refractivity contribution in [2.24, 2.45) is 5.92 Å². The Bertz CT molecular complexity index is 240. The highest BCUT2D eigenvalue weighted by Crippen LogP contribution is 2.41. The first-order valence-electron chi connectivity index (χ1n) is 5.24. The van der Waals surface area contributed by atoms with E-state index >= 15 is 0 Å². The van der Waals surface area contributed by atoms with Gasteiger partial charge in [0.15, 0.2) is 12.1 Å². The fraction of sp³-hybridized carbons (Fsp3) is 1.00. The summed E-state index contributed by atoms with van der Waals surface area (Å²) in [5, 5.41) is 18.8. The van der Waals surface area contributed by atoms with Crippen LogP contribution in [0.5, 0.6) is 0 Å². The van der Waals surface area contributed by atoms with E-state index in [1.165, 1.54) is 0 Å². The lowest BCUT2D eigenvalue weighted by Crippen LogP contribution is -2.38. The minimum Gasteiger partial charge on any atom is -0.394 e. The number of rotatable bonds is 2. The van der Waals surface area contributed by atoms with Crippen LogP contribution in [0.4, 0.5) is 0 Å². The topological polar surface area (TPSA) is 68.2 Å². The molecule has 5 heteroatoms. The molecule has 0 spiro atoms. The quantitative estimate of drug-likeness (QED) is 0.674. The monoisotopic (exact) mass is 218 g/mol. The van der Waals surface area contributed by atoms with Gasteiger partial charge in [-0.3, -0.25) is 0 Å². The van der Waals surface area contributed by atoms with Gasteiger partial charge in [0, 0.05) is 5.92 Å². The predicted octanol–water partition coefficient (Wildman–Crippen LogP) is -0.148. The third-order valence-electron chi connectivity index (χ3n) is 2.94. The normalized spacial score (nSPS) is 45.4. The van der Waals surface area contributed by atoms with E-state index in [1.54, 1.807) is 6.92 Å². The van der Waals surface area contributed by atoms with Gasteiger partial charge in [-0.25, -0.2) is 0 Å². The molecule has 2 heterocycles. The molecule has 15 heavy (non-hydrogen) atoms. The van der Waals surface area contributed by atoms with E-state index < -0.39 is 24.3 Å². The highest BCUT2D eigenvalue weighted by atomic mass is 16.8. The lowest BCUT2D eigenvalue weighted by Gasteiger charge is -2.26. The molecule has 5 nitrogen and oxygen atoms in total. The van der Waals surface area contributed by atoms with Crippen LogP contribution in [0.1, 0.15) is 20.8 Å². The number of aliphatic hydroxyl groups is 2. The lowest BCUT2D eigenvalue weighted by molar-refractivity contribution is -0.217. The molecule has 2 aliphatic rings. The zero-order valence-electron chi connectivity index (χ0n) is 9.21. The molecule has 2 aliphatic heterocycles. The summed E-state index contributed by atoms with van der Waals surface area (Å²) in [5.41, 5.74) is 0. The standard InChI is InChI=1S/C10H18O5/c1-5(12)7-6(4-11)13-9-8(7)14-10(2,3)15-9/h5-9,11-12H,4H2,1-3H3. The van der Waals surface area contributed by atoms with E-state index in [1.807, 2.05) is 13.8 Å². The Morgan fingerprint density at radius 2 is 2.00 bits per heavy atom. The zero-order chi connectivity index (χ0) is 11.2. The van der Waals surface area contributed by atoms with E-state index in [2.05, 4.69) is 0 Å². The Morgan fingerprint density at radius 1 is 1.33 bits per heavy atom. The summed E-state index contributed by atoms with van der Waals surface area (Å²) in [4.78, 5) is 0. The molecule has 0 radical (unpaired) electrons. The molecule has 0 amide bonds. The van der Waals surface area contributed by atoms with Crippen LogP contribution in [0.2, 0.25) is 0 Å². The van der Waals surface area contributed by atoms with E-state index in [0.29, 0.717) is 0 Å². The molecule has 2 saturated heterocycles. The molecule has 0 bridgehead atoms. The van der Waals surface area contributed by atoms with Crippen molar-refractivity contribution in [1.29, 1.82) is 0 Å². The van der Waals surface area contributed by atoms with Crippen molar-refractivity contribution in [1.82, 2.24) is 0 Å². The summed E-state index contributed by atoms with van der Waals surface area (Å²) in [5.74, 6) is -0.912. The molecule has 0 aliphatic carbocycles. The zero-order valence-corrected chi connectivity index (χ0v) is 9.21. The minimum absolute atomic E-state index is 0.129. The highest BCUT2D eigenvalue weighted by Gasteiger charge is 2.55. The van der Waals surface area contributed by atoms with Gasteiger partial charge in [0.1, 0.15) is 6.10 Å². The van der Waals surface area contributed by atoms with Crippen LogP contribution in [0.25, 0.3) is 0 Å². The second kappa shape index (κ2) is 3.68. The van der Waals surface area contributed by atoms with E-state index in [9.17, 15) is 5.11 Å². The number of aliphatic hydroxyl groups excluding tert-OH is 2.